The summed E-state index contributed by atoms with van der Waals surface area (Å²) in [7, 11) is 0. The first-order valence-electron chi connectivity index (χ1n) is 5.20. The molecule has 2 rings (SSSR count). The van der Waals surface area contributed by atoms with Crippen LogP contribution in [-0.4, -0.2) is 4.99 Å². The molecule has 19 heavy (non-hydrogen) atoms. The maximum absolute atomic E-state index is 13.1. The summed E-state index contributed by atoms with van der Waals surface area (Å²) in [6, 6.07) is 9.40. The molecular weight excluding hydrogens is 353 g/mol. The van der Waals surface area contributed by atoms with E-state index < -0.39 is 0 Å². The second kappa shape index (κ2) is 5.86. The lowest BCUT2D eigenvalue weighted by molar-refractivity contribution is 0.479. The lowest BCUT2D eigenvalue weighted by atomic mass is 10.2. The van der Waals surface area contributed by atoms with Gasteiger partial charge in [0.05, 0.1) is 15.1 Å². The van der Waals surface area contributed by atoms with Gasteiger partial charge in [0.15, 0.2) is 0 Å². The third-order valence-electron chi connectivity index (χ3n) is 2.34. The molecule has 0 amide bonds. The van der Waals surface area contributed by atoms with Crippen LogP contribution in [-0.2, 0) is 0 Å². The number of thiocarbonyl (C=S) groups is 1. The summed E-state index contributed by atoms with van der Waals surface area (Å²) in [5, 5.41) is 0.408. The molecule has 98 valence electrons. The second-order valence-corrected chi connectivity index (χ2v) is 5.36. The predicted octanol–water partition coefficient (Wildman–Crippen LogP) is 4.67. The summed E-state index contributed by atoms with van der Waals surface area (Å²) >= 11 is 14.1. The Morgan fingerprint density at radius 1 is 1.32 bits per heavy atom. The Morgan fingerprint density at radius 2 is 2.05 bits per heavy atom. The molecule has 0 heterocycles. The maximum Gasteiger partial charge on any atom is 0.139 e. The van der Waals surface area contributed by atoms with Gasteiger partial charge in [0.2, 0.25) is 0 Å². The minimum atomic E-state index is -0.368. The van der Waals surface area contributed by atoms with E-state index >= 15 is 0 Å². The molecule has 0 saturated heterocycles. The highest BCUT2D eigenvalue weighted by Gasteiger charge is 2.12. The standard InChI is InChI=1S/C13H8BrClFNOS/c14-8-6-7(4-5-10(8)16)18-11-3-1-2-9(15)12(11)13(17)19/h1-6H,(H2,17,19). The van der Waals surface area contributed by atoms with Crippen LogP contribution in [0.5, 0.6) is 11.5 Å². The highest BCUT2D eigenvalue weighted by Crippen LogP contribution is 2.32. The number of halogens is 3. The minimum Gasteiger partial charge on any atom is -0.457 e. The van der Waals surface area contributed by atoms with E-state index in [4.69, 9.17) is 34.3 Å². The molecule has 0 aliphatic heterocycles. The van der Waals surface area contributed by atoms with Crippen LogP contribution < -0.4 is 10.5 Å². The average molecular weight is 361 g/mol. The van der Waals surface area contributed by atoms with Crippen molar-refractivity contribution in [3.8, 4) is 11.5 Å². The van der Waals surface area contributed by atoms with Crippen molar-refractivity contribution >= 4 is 44.7 Å². The van der Waals surface area contributed by atoms with Crippen molar-refractivity contribution < 1.29 is 9.13 Å². The number of hydrogen-bond acceptors (Lipinski definition) is 2. The third-order valence-corrected chi connectivity index (χ3v) is 3.47. The van der Waals surface area contributed by atoms with Crippen molar-refractivity contribution in [1.29, 1.82) is 0 Å². The first-order chi connectivity index (χ1) is 8.99. The van der Waals surface area contributed by atoms with Crippen molar-refractivity contribution in [3.63, 3.8) is 0 Å². The van der Waals surface area contributed by atoms with E-state index in [0.717, 1.165) is 0 Å². The van der Waals surface area contributed by atoms with Gasteiger partial charge in [-0.05, 0) is 46.3 Å². The molecule has 2 N–H and O–H groups in total. The minimum absolute atomic E-state index is 0.141. The normalized spacial score (nSPS) is 10.3. The highest BCUT2D eigenvalue weighted by molar-refractivity contribution is 9.10. The zero-order valence-electron chi connectivity index (χ0n) is 9.49. The predicted molar refractivity (Wildman–Crippen MR) is 81.5 cm³/mol. The fourth-order valence-electron chi connectivity index (χ4n) is 1.50. The van der Waals surface area contributed by atoms with Crippen molar-refractivity contribution in [2.75, 3.05) is 0 Å². The molecule has 0 aliphatic carbocycles. The van der Waals surface area contributed by atoms with Gasteiger partial charge in [0, 0.05) is 0 Å². The van der Waals surface area contributed by atoms with Gasteiger partial charge in [0.25, 0.3) is 0 Å². The SMILES string of the molecule is NC(=S)c1c(Cl)cccc1Oc1ccc(F)c(Br)c1. The van der Waals surface area contributed by atoms with Crippen LogP contribution in [0.25, 0.3) is 0 Å². The zero-order valence-corrected chi connectivity index (χ0v) is 12.7. The average Bonchev–Trinajstić information content (AvgIpc) is 2.33. The van der Waals surface area contributed by atoms with Gasteiger partial charge in [0.1, 0.15) is 22.3 Å². The molecule has 0 unspecified atom stereocenters. The Kier molecular flexibility index (Phi) is 4.39. The molecule has 0 aliphatic rings. The van der Waals surface area contributed by atoms with Crippen LogP contribution in [0.2, 0.25) is 5.02 Å². The number of nitrogens with two attached hydrogens (primary N) is 1. The summed E-state index contributed by atoms with van der Waals surface area (Å²) < 4.78 is 19.1. The number of ether oxygens (including phenoxy) is 1. The zero-order chi connectivity index (χ0) is 14.0. The Hall–Kier alpha value is -1.17. The first-order valence-corrected chi connectivity index (χ1v) is 6.78. The summed E-state index contributed by atoms with van der Waals surface area (Å²) in [5.74, 6) is 0.513. The van der Waals surface area contributed by atoms with Crippen LogP contribution >= 0.6 is 39.7 Å². The number of rotatable bonds is 3. The topological polar surface area (TPSA) is 35.2 Å². The molecular formula is C13H8BrClFNOS. The second-order valence-electron chi connectivity index (χ2n) is 3.66. The van der Waals surface area contributed by atoms with Gasteiger partial charge in [-0.1, -0.05) is 29.9 Å². The molecule has 2 aromatic rings. The largest absolute Gasteiger partial charge is 0.457 e. The Morgan fingerprint density at radius 3 is 2.68 bits per heavy atom. The van der Waals surface area contributed by atoms with Crippen molar-refractivity contribution in [1.82, 2.24) is 0 Å². The monoisotopic (exact) mass is 359 g/mol. The molecule has 6 heteroatoms. The molecule has 0 spiro atoms. The third kappa shape index (κ3) is 3.23. The van der Waals surface area contributed by atoms with E-state index in [1.165, 1.54) is 18.2 Å². The number of benzene rings is 2. The van der Waals surface area contributed by atoms with Crippen LogP contribution in [0.15, 0.2) is 40.9 Å². The maximum atomic E-state index is 13.1. The van der Waals surface area contributed by atoms with E-state index in [9.17, 15) is 4.39 Å². The highest BCUT2D eigenvalue weighted by atomic mass is 79.9. The van der Waals surface area contributed by atoms with Crippen LogP contribution in [0, 0.1) is 5.82 Å². The van der Waals surface area contributed by atoms with E-state index in [1.54, 1.807) is 18.2 Å². The smallest absolute Gasteiger partial charge is 0.139 e. The lowest BCUT2D eigenvalue weighted by Crippen LogP contribution is -2.11. The van der Waals surface area contributed by atoms with Gasteiger partial charge < -0.3 is 10.5 Å². The Labute approximate surface area is 128 Å². The van der Waals surface area contributed by atoms with Gasteiger partial charge in [-0.15, -0.1) is 0 Å². The summed E-state index contributed by atoms with van der Waals surface area (Å²) in [6.07, 6.45) is 0. The lowest BCUT2D eigenvalue weighted by Gasteiger charge is -2.12. The Bertz CT molecular complexity index is 651. The van der Waals surface area contributed by atoms with Crippen molar-refractivity contribution in [3.05, 3.63) is 57.3 Å². The molecule has 0 fully saturated rings. The van der Waals surface area contributed by atoms with E-state index in [1.807, 2.05) is 0 Å². The summed E-state index contributed by atoms with van der Waals surface area (Å²) in [6.45, 7) is 0. The molecule has 2 aromatic carbocycles. The van der Waals surface area contributed by atoms with Gasteiger partial charge in [-0.25, -0.2) is 4.39 Å². The summed E-state index contributed by atoms with van der Waals surface area (Å²) in [5.41, 5.74) is 6.08. The summed E-state index contributed by atoms with van der Waals surface area (Å²) in [4.78, 5) is 0.141. The molecule has 0 aromatic heterocycles. The van der Waals surface area contributed by atoms with Crippen molar-refractivity contribution in [2.45, 2.75) is 0 Å². The van der Waals surface area contributed by atoms with E-state index in [-0.39, 0.29) is 10.8 Å². The first kappa shape index (κ1) is 14.2. The fourth-order valence-corrected chi connectivity index (χ4v) is 2.39. The molecule has 0 atom stereocenters. The quantitative estimate of drug-likeness (QED) is 0.808. The van der Waals surface area contributed by atoms with Gasteiger partial charge in [-0.2, -0.15) is 0 Å². The van der Waals surface area contributed by atoms with Crippen molar-refractivity contribution in [2.24, 2.45) is 5.73 Å². The molecule has 0 saturated carbocycles. The van der Waals surface area contributed by atoms with Crippen LogP contribution in [0.4, 0.5) is 4.39 Å². The van der Waals surface area contributed by atoms with Gasteiger partial charge >= 0.3 is 0 Å². The van der Waals surface area contributed by atoms with Crippen LogP contribution in [0.1, 0.15) is 5.56 Å². The Balaban J connectivity index is 2.40. The number of hydrogen-bond donors (Lipinski definition) is 1. The van der Waals surface area contributed by atoms with Crippen LogP contribution in [0.3, 0.4) is 0 Å². The molecule has 0 bridgehead atoms. The fraction of sp³-hybridized carbons (Fsp3) is 0. The van der Waals surface area contributed by atoms with E-state index in [2.05, 4.69) is 15.9 Å². The van der Waals surface area contributed by atoms with Gasteiger partial charge in [-0.3, -0.25) is 0 Å². The molecule has 2 nitrogen and oxygen atoms in total. The van der Waals surface area contributed by atoms with E-state index in [0.29, 0.717) is 26.6 Å². The molecule has 0 radical (unpaired) electrons.